The molecule has 0 aliphatic carbocycles. The molecule has 0 spiro atoms. The van der Waals surface area contributed by atoms with Gasteiger partial charge in [0.2, 0.25) is 0 Å². The minimum atomic E-state index is -0.234. The number of aliphatic hydroxyl groups excluding tert-OH is 1. The first kappa shape index (κ1) is 11.1. The molecule has 0 saturated heterocycles. The van der Waals surface area contributed by atoms with E-state index in [4.69, 9.17) is 9.84 Å². The molecule has 2 heteroatoms. The van der Waals surface area contributed by atoms with Gasteiger partial charge in [0, 0.05) is 0 Å². The predicted molar refractivity (Wildman–Crippen MR) is 57.7 cm³/mol. The Morgan fingerprint density at radius 2 is 2.14 bits per heavy atom. The summed E-state index contributed by atoms with van der Waals surface area (Å²) in [4.78, 5) is 0. The molecule has 0 amide bonds. The normalized spacial score (nSPS) is 12.6. The molecule has 0 fully saturated rings. The summed E-state index contributed by atoms with van der Waals surface area (Å²) in [7, 11) is 1.68. The molecule has 0 heterocycles. The molecule has 0 bridgehead atoms. The van der Waals surface area contributed by atoms with Crippen LogP contribution in [0.5, 0.6) is 5.75 Å². The van der Waals surface area contributed by atoms with Gasteiger partial charge >= 0.3 is 0 Å². The van der Waals surface area contributed by atoms with Crippen molar-refractivity contribution in [2.24, 2.45) is 0 Å². The number of hydrogen-bond donors (Lipinski definition) is 1. The molecular formula is C12H18O2. The molecule has 2 nitrogen and oxygen atoms in total. The summed E-state index contributed by atoms with van der Waals surface area (Å²) < 4.78 is 5.23. The first-order valence-electron chi connectivity index (χ1n) is 4.95. The first-order valence-corrected chi connectivity index (χ1v) is 4.95. The highest BCUT2D eigenvalue weighted by atomic mass is 16.5. The van der Waals surface area contributed by atoms with Crippen LogP contribution < -0.4 is 4.74 Å². The SMILES string of the molecule is COc1cc(CC[C@H](C)O)ccc1C. The predicted octanol–water partition coefficient (Wildman–Crippen LogP) is 2.32. The van der Waals surface area contributed by atoms with E-state index in [0.29, 0.717) is 0 Å². The average Bonchev–Trinajstić information content (AvgIpc) is 2.16. The lowest BCUT2D eigenvalue weighted by Gasteiger charge is -2.08. The van der Waals surface area contributed by atoms with Crippen LogP contribution in [0.25, 0.3) is 0 Å². The van der Waals surface area contributed by atoms with E-state index in [1.807, 2.05) is 19.9 Å². The highest BCUT2D eigenvalue weighted by molar-refractivity contribution is 5.36. The standard InChI is InChI=1S/C12H18O2/c1-9-4-6-11(7-5-10(2)13)8-12(9)14-3/h4,6,8,10,13H,5,7H2,1-3H3/t10-/m0/s1. The third-order valence-electron chi connectivity index (χ3n) is 2.32. The lowest BCUT2D eigenvalue weighted by Crippen LogP contribution is -2.01. The largest absolute Gasteiger partial charge is 0.496 e. The van der Waals surface area contributed by atoms with Crippen LogP contribution in [0.1, 0.15) is 24.5 Å². The van der Waals surface area contributed by atoms with Gasteiger partial charge in [0.05, 0.1) is 13.2 Å². The fraction of sp³-hybridized carbons (Fsp3) is 0.500. The van der Waals surface area contributed by atoms with Crippen LogP contribution in [0, 0.1) is 6.92 Å². The molecule has 78 valence electrons. The van der Waals surface area contributed by atoms with Gasteiger partial charge in [-0.1, -0.05) is 12.1 Å². The molecule has 1 N–H and O–H groups in total. The fourth-order valence-electron chi connectivity index (χ4n) is 1.40. The number of rotatable bonds is 4. The zero-order chi connectivity index (χ0) is 10.6. The maximum atomic E-state index is 9.16. The van der Waals surface area contributed by atoms with Gasteiger partial charge in [0.1, 0.15) is 5.75 Å². The van der Waals surface area contributed by atoms with Crippen molar-refractivity contribution in [2.75, 3.05) is 7.11 Å². The van der Waals surface area contributed by atoms with Gasteiger partial charge in [-0.25, -0.2) is 0 Å². The Morgan fingerprint density at radius 1 is 1.43 bits per heavy atom. The molecule has 1 aromatic carbocycles. The highest BCUT2D eigenvalue weighted by Crippen LogP contribution is 2.19. The van der Waals surface area contributed by atoms with E-state index < -0.39 is 0 Å². The van der Waals surface area contributed by atoms with Crippen LogP contribution in [-0.2, 0) is 6.42 Å². The number of aryl methyl sites for hydroxylation is 2. The van der Waals surface area contributed by atoms with E-state index in [1.165, 1.54) is 5.56 Å². The van der Waals surface area contributed by atoms with Gasteiger partial charge in [-0.2, -0.15) is 0 Å². The van der Waals surface area contributed by atoms with Crippen molar-refractivity contribution >= 4 is 0 Å². The Morgan fingerprint density at radius 3 is 2.71 bits per heavy atom. The summed E-state index contributed by atoms with van der Waals surface area (Å²) in [6.45, 7) is 3.84. The number of ether oxygens (including phenoxy) is 1. The maximum Gasteiger partial charge on any atom is 0.122 e. The summed E-state index contributed by atoms with van der Waals surface area (Å²) in [6.07, 6.45) is 1.46. The summed E-state index contributed by atoms with van der Waals surface area (Å²) in [6, 6.07) is 6.17. The van der Waals surface area contributed by atoms with Crippen molar-refractivity contribution < 1.29 is 9.84 Å². The smallest absolute Gasteiger partial charge is 0.122 e. The Labute approximate surface area is 85.5 Å². The quantitative estimate of drug-likeness (QED) is 0.797. The van der Waals surface area contributed by atoms with Gasteiger partial charge in [-0.15, -0.1) is 0 Å². The minimum absolute atomic E-state index is 0.234. The van der Waals surface area contributed by atoms with Crippen molar-refractivity contribution in [3.05, 3.63) is 29.3 Å². The number of hydrogen-bond acceptors (Lipinski definition) is 2. The molecule has 0 radical (unpaired) electrons. The van der Waals surface area contributed by atoms with Gasteiger partial charge in [0.25, 0.3) is 0 Å². The van der Waals surface area contributed by atoms with E-state index >= 15 is 0 Å². The zero-order valence-electron chi connectivity index (χ0n) is 9.08. The second-order valence-corrected chi connectivity index (χ2v) is 3.69. The van der Waals surface area contributed by atoms with Crippen molar-refractivity contribution in [3.8, 4) is 5.75 Å². The molecular weight excluding hydrogens is 176 g/mol. The molecule has 0 aromatic heterocycles. The van der Waals surface area contributed by atoms with Crippen LogP contribution in [-0.4, -0.2) is 18.3 Å². The second kappa shape index (κ2) is 5.01. The lowest BCUT2D eigenvalue weighted by molar-refractivity contribution is 0.185. The summed E-state index contributed by atoms with van der Waals surface area (Å²) in [5, 5.41) is 9.16. The topological polar surface area (TPSA) is 29.5 Å². The average molecular weight is 194 g/mol. The first-order chi connectivity index (χ1) is 6.63. The second-order valence-electron chi connectivity index (χ2n) is 3.69. The molecule has 0 unspecified atom stereocenters. The van der Waals surface area contributed by atoms with E-state index in [2.05, 4.69) is 12.1 Å². The van der Waals surface area contributed by atoms with E-state index in [9.17, 15) is 0 Å². The molecule has 1 aromatic rings. The molecule has 0 saturated carbocycles. The number of methoxy groups -OCH3 is 1. The molecule has 0 aliphatic rings. The summed E-state index contributed by atoms with van der Waals surface area (Å²) in [5.74, 6) is 0.924. The van der Waals surface area contributed by atoms with Crippen LogP contribution in [0.15, 0.2) is 18.2 Å². The number of aliphatic hydroxyl groups is 1. The van der Waals surface area contributed by atoms with Gasteiger partial charge < -0.3 is 9.84 Å². The van der Waals surface area contributed by atoms with Gasteiger partial charge in [-0.3, -0.25) is 0 Å². The van der Waals surface area contributed by atoms with E-state index in [0.717, 1.165) is 24.2 Å². The lowest BCUT2D eigenvalue weighted by atomic mass is 10.1. The summed E-state index contributed by atoms with van der Waals surface area (Å²) >= 11 is 0. The Bertz CT molecular complexity index is 292. The maximum absolute atomic E-state index is 9.16. The highest BCUT2D eigenvalue weighted by Gasteiger charge is 2.02. The van der Waals surface area contributed by atoms with Crippen molar-refractivity contribution in [2.45, 2.75) is 32.8 Å². The van der Waals surface area contributed by atoms with Crippen molar-refractivity contribution in [1.82, 2.24) is 0 Å². The number of benzene rings is 1. The molecule has 1 atom stereocenters. The Balaban J connectivity index is 2.69. The molecule has 0 aliphatic heterocycles. The Kier molecular flexibility index (Phi) is 3.96. The van der Waals surface area contributed by atoms with Crippen LogP contribution in [0.4, 0.5) is 0 Å². The molecule has 1 rings (SSSR count). The van der Waals surface area contributed by atoms with Crippen LogP contribution in [0.3, 0.4) is 0 Å². The van der Waals surface area contributed by atoms with E-state index in [1.54, 1.807) is 7.11 Å². The van der Waals surface area contributed by atoms with Gasteiger partial charge in [0.15, 0.2) is 0 Å². The van der Waals surface area contributed by atoms with Crippen LogP contribution >= 0.6 is 0 Å². The van der Waals surface area contributed by atoms with Crippen molar-refractivity contribution in [3.63, 3.8) is 0 Å². The summed E-state index contributed by atoms with van der Waals surface area (Å²) in [5.41, 5.74) is 2.36. The Hall–Kier alpha value is -1.02. The zero-order valence-corrected chi connectivity index (χ0v) is 9.08. The van der Waals surface area contributed by atoms with E-state index in [-0.39, 0.29) is 6.10 Å². The van der Waals surface area contributed by atoms with Crippen molar-refractivity contribution in [1.29, 1.82) is 0 Å². The van der Waals surface area contributed by atoms with Gasteiger partial charge in [-0.05, 0) is 43.9 Å². The monoisotopic (exact) mass is 194 g/mol. The fourth-order valence-corrected chi connectivity index (χ4v) is 1.40. The van der Waals surface area contributed by atoms with Crippen LogP contribution in [0.2, 0.25) is 0 Å². The third kappa shape index (κ3) is 3.04. The minimum Gasteiger partial charge on any atom is -0.496 e. The third-order valence-corrected chi connectivity index (χ3v) is 2.32. The molecule has 14 heavy (non-hydrogen) atoms.